The van der Waals surface area contributed by atoms with Crippen molar-refractivity contribution in [1.29, 1.82) is 0 Å². The second-order valence-corrected chi connectivity index (χ2v) is 5.99. The summed E-state index contributed by atoms with van der Waals surface area (Å²) in [7, 11) is 1.63. The fraction of sp³-hybridized carbons (Fsp3) is 0.0952. The maximum Gasteiger partial charge on any atom is 0.257 e. The van der Waals surface area contributed by atoms with Gasteiger partial charge in [-0.25, -0.2) is 0 Å². The van der Waals surface area contributed by atoms with E-state index in [4.69, 9.17) is 9.26 Å². The van der Waals surface area contributed by atoms with Gasteiger partial charge in [-0.15, -0.1) is 0 Å². The molecule has 0 fully saturated rings. The van der Waals surface area contributed by atoms with Crippen LogP contribution in [-0.2, 0) is 6.54 Å². The molecule has 0 amide bonds. The van der Waals surface area contributed by atoms with E-state index in [1.165, 1.54) is 6.07 Å². The predicted molar refractivity (Wildman–Crippen MR) is 102 cm³/mol. The highest BCUT2D eigenvalue weighted by Crippen LogP contribution is 2.21. The molecular formula is C21H17N3O3. The molecule has 6 nitrogen and oxygen atoms in total. The van der Waals surface area contributed by atoms with Gasteiger partial charge in [0.15, 0.2) is 5.82 Å². The fourth-order valence-corrected chi connectivity index (χ4v) is 2.78. The average Bonchev–Trinajstić information content (AvgIpc) is 3.19. The Kier molecular flexibility index (Phi) is 4.53. The summed E-state index contributed by atoms with van der Waals surface area (Å²) in [6, 6.07) is 20.5. The molecule has 0 aliphatic carbocycles. The van der Waals surface area contributed by atoms with E-state index < -0.39 is 0 Å². The van der Waals surface area contributed by atoms with Crippen LogP contribution >= 0.6 is 0 Å². The Labute approximate surface area is 155 Å². The number of nitrogens with zero attached hydrogens (tertiary/aromatic N) is 3. The Morgan fingerprint density at radius 1 is 0.926 bits per heavy atom. The molecule has 0 bridgehead atoms. The van der Waals surface area contributed by atoms with Crippen LogP contribution in [0.25, 0.3) is 22.6 Å². The SMILES string of the molecule is COc1ccc(-c2ccc(=O)n(Cc3noc(-c4ccccc4)n3)c2)cc1. The molecule has 0 aliphatic rings. The zero-order valence-corrected chi connectivity index (χ0v) is 14.7. The third-order valence-corrected chi connectivity index (χ3v) is 4.21. The Morgan fingerprint density at radius 2 is 1.67 bits per heavy atom. The maximum atomic E-state index is 12.2. The largest absolute Gasteiger partial charge is 0.497 e. The normalized spacial score (nSPS) is 10.7. The van der Waals surface area contributed by atoms with Gasteiger partial charge in [0.1, 0.15) is 5.75 Å². The zero-order chi connectivity index (χ0) is 18.6. The smallest absolute Gasteiger partial charge is 0.257 e. The zero-order valence-electron chi connectivity index (χ0n) is 14.7. The molecule has 4 rings (SSSR count). The third-order valence-electron chi connectivity index (χ3n) is 4.21. The van der Waals surface area contributed by atoms with E-state index in [0.717, 1.165) is 22.4 Å². The van der Waals surface area contributed by atoms with Gasteiger partial charge in [0, 0.05) is 17.8 Å². The summed E-state index contributed by atoms with van der Waals surface area (Å²) in [6.45, 7) is 0.235. The van der Waals surface area contributed by atoms with Gasteiger partial charge in [-0.1, -0.05) is 35.5 Å². The summed E-state index contributed by atoms with van der Waals surface area (Å²) < 4.78 is 12.1. The van der Waals surface area contributed by atoms with Crippen LogP contribution in [0.4, 0.5) is 0 Å². The number of ether oxygens (including phenoxy) is 1. The van der Waals surface area contributed by atoms with Crippen LogP contribution in [0.1, 0.15) is 5.82 Å². The lowest BCUT2D eigenvalue weighted by Crippen LogP contribution is -2.19. The highest BCUT2D eigenvalue weighted by atomic mass is 16.5. The van der Waals surface area contributed by atoms with Gasteiger partial charge >= 0.3 is 0 Å². The minimum absolute atomic E-state index is 0.127. The Balaban J connectivity index is 1.60. The van der Waals surface area contributed by atoms with Crippen LogP contribution < -0.4 is 10.3 Å². The molecule has 0 saturated carbocycles. The van der Waals surface area contributed by atoms with Crippen molar-refractivity contribution < 1.29 is 9.26 Å². The molecule has 2 heterocycles. The number of pyridine rings is 1. The first kappa shape index (κ1) is 16.8. The third kappa shape index (κ3) is 3.64. The minimum atomic E-state index is -0.127. The standard InChI is InChI=1S/C21H17N3O3/c1-26-18-10-7-15(8-11-18)17-9-12-20(25)24(13-17)14-19-22-21(27-23-19)16-5-3-2-4-6-16/h2-13H,14H2,1H3. The molecule has 0 N–H and O–H groups in total. The summed E-state index contributed by atoms with van der Waals surface area (Å²) in [5, 5.41) is 3.99. The van der Waals surface area contributed by atoms with Gasteiger partial charge in [0.25, 0.3) is 11.4 Å². The van der Waals surface area contributed by atoms with Crippen LogP contribution in [0.5, 0.6) is 5.75 Å². The van der Waals surface area contributed by atoms with E-state index in [0.29, 0.717) is 11.7 Å². The van der Waals surface area contributed by atoms with Crippen LogP contribution in [0.2, 0.25) is 0 Å². The van der Waals surface area contributed by atoms with Crippen molar-refractivity contribution in [2.75, 3.05) is 7.11 Å². The minimum Gasteiger partial charge on any atom is -0.497 e. The van der Waals surface area contributed by atoms with Gasteiger partial charge < -0.3 is 13.8 Å². The Hall–Kier alpha value is -3.67. The molecule has 0 aliphatic heterocycles. The molecule has 0 atom stereocenters. The molecule has 2 aromatic heterocycles. The highest BCUT2D eigenvalue weighted by Gasteiger charge is 2.10. The van der Waals surface area contributed by atoms with Crippen molar-refractivity contribution in [3.63, 3.8) is 0 Å². The molecule has 27 heavy (non-hydrogen) atoms. The average molecular weight is 359 g/mol. The van der Waals surface area contributed by atoms with E-state index in [1.54, 1.807) is 23.9 Å². The lowest BCUT2D eigenvalue weighted by atomic mass is 10.1. The van der Waals surface area contributed by atoms with Crippen molar-refractivity contribution in [2.24, 2.45) is 0 Å². The van der Waals surface area contributed by atoms with E-state index in [1.807, 2.05) is 54.6 Å². The fourth-order valence-electron chi connectivity index (χ4n) is 2.78. The van der Waals surface area contributed by atoms with Crippen LogP contribution in [0, 0.1) is 0 Å². The van der Waals surface area contributed by atoms with Crippen LogP contribution in [0.3, 0.4) is 0 Å². The summed E-state index contributed by atoms with van der Waals surface area (Å²) in [5.74, 6) is 1.67. The molecular weight excluding hydrogens is 342 g/mol. The first-order chi connectivity index (χ1) is 13.2. The summed E-state index contributed by atoms with van der Waals surface area (Å²) >= 11 is 0. The highest BCUT2D eigenvalue weighted by molar-refractivity contribution is 5.63. The maximum absolute atomic E-state index is 12.2. The van der Waals surface area contributed by atoms with E-state index >= 15 is 0 Å². The van der Waals surface area contributed by atoms with Crippen molar-refractivity contribution in [2.45, 2.75) is 6.54 Å². The quantitative estimate of drug-likeness (QED) is 0.544. The molecule has 2 aromatic carbocycles. The monoisotopic (exact) mass is 359 g/mol. The van der Waals surface area contributed by atoms with Gasteiger partial charge in [-0.05, 0) is 41.5 Å². The molecule has 0 unspecified atom stereocenters. The van der Waals surface area contributed by atoms with Crippen LogP contribution in [-0.4, -0.2) is 21.8 Å². The lowest BCUT2D eigenvalue weighted by molar-refractivity contribution is 0.415. The molecule has 134 valence electrons. The van der Waals surface area contributed by atoms with E-state index in [-0.39, 0.29) is 12.1 Å². The van der Waals surface area contributed by atoms with Gasteiger partial charge in [0.05, 0.1) is 13.7 Å². The van der Waals surface area contributed by atoms with Gasteiger partial charge in [-0.2, -0.15) is 4.98 Å². The van der Waals surface area contributed by atoms with Crippen molar-refractivity contribution in [1.82, 2.24) is 14.7 Å². The Morgan fingerprint density at radius 3 is 2.41 bits per heavy atom. The van der Waals surface area contributed by atoms with Gasteiger partial charge in [-0.3, -0.25) is 4.79 Å². The second kappa shape index (κ2) is 7.29. The predicted octanol–water partition coefficient (Wildman–Crippen LogP) is 3.62. The Bertz CT molecular complexity index is 1100. The van der Waals surface area contributed by atoms with E-state index in [9.17, 15) is 4.79 Å². The summed E-state index contributed by atoms with van der Waals surface area (Å²) in [5.41, 5.74) is 2.63. The number of rotatable bonds is 5. The second-order valence-electron chi connectivity index (χ2n) is 5.99. The number of aromatic nitrogens is 3. The molecule has 0 saturated heterocycles. The van der Waals surface area contributed by atoms with Crippen molar-refractivity contribution >= 4 is 0 Å². The van der Waals surface area contributed by atoms with Crippen molar-refractivity contribution in [3.05, 3.63) is 89.1 Å². The van der Waals surface area contributed by atoms with Crippen molar-refractivity contribution in [3.8, 4) is 28.3 Å². The topological polar surface area (TPSA) is 70.2 Å². The van der Waals surface area contributed by atoms with Gasteiger partial charge in [0.2, 0.25) is 0 Å². The van der Waals surface area contributed by atoms with Crippen LogP contribution in [0.15, 0.2) is 82.2 Å². The van der Waals surface area contributed by atoms with E-state index in [2.05, 4.69) is 10.1 Å². The lowest BCUT2D eigenvalue weighted by Gasteiger charge is -2.07. The molecule has 0 spiro atoms. The summed E-state index contributed by atoms with van der Waals surface area (Å²) in [4.78, 5) is 16.6. The molecule has 6 heteroatoms. The molecule has 4 aromatic rings. The number of hydrogen-bond donors (Lipinski definition) is 0. The first-order valence-corrected chi connectivity index (χ1v) is 8.46. The number of benzene rings is 2. The summed E-state index contributed by atoms with van der Waals surface area (Å²) in [6.07, 6.45) is 1.79. The number of methoxy groups -OCH3 is 1. The molecule has 0 radical (unpaired) electrons. The first-order valence-electron chi connectivity index (χ1n) is 8.46. The number of hydrogen-bond acceptors (Lipinski definition) is 5.